The Morgan fingerprint density at radius 1 is 1.13 bits per heavy atom. The van der Waals surface area contributed by atoms with E-state index in [1.54, 1.807) is 12.1 Å². The number of benzene rings is 2. The summed E-state index contributed by atoms with van der Waals surface area (Å²) >= 11 is 0. The molecule has 10 heteroatoms. The third-order valence-corrected chi connectivity index (χ3v) is 5.90. The molecule has 2 heterocycles. The zero-order valence-electron chi connectivity index (χ0n) is 16.4. The fraction of sp³-hybridized carbons (Fsp3) is 0.200. The third-order valence-electron chi connectivity index (χ3n) is 4.77. The van der Waals surface area contributed by atoms with Crippen molar-refractivity contribution < 1.29 is 13.2 Å². The highest BCUT2D eigenvalue weighted by Crippen LogP contribution is 2.25. The van der Waals surface area contributed by atoms with Gasteiger partial charge in [0.05, 0.1) is 10.4 Å². The standard InChI is InChI=1S/C20H20N6O3S/c1-3-15(17(21)27)22-20-23-16-7-5-4-6-14(16)19-24-18(25-26(19)20)12-8-10-13(11-9-12)30(2,28)29/h4-11,15H,3H2,1-2H3,(H2,21,27)(H,22,23). The molecule has 1 atom stereocenters. The van der Waals surface area contributed by atoms with E-state index in [0.717, 1.165) is 11.6 Å². The number of amides is 1. The van der Waals surface area contributed by atoms with Crippen LogP contribution in [0.25, 0.3) is 27.9 Å². The van der Waals surface area contributed by atoms with Gasteiger partial charge in [0.1, 0.15) is 6.04 Å². The summed E-state index contributed by atoms with van der Waals surface area (Å²) in [5, 5.41) is 8.40. The van der Waals surface area contributed by atoms with Crippen LogP contribution in [0, 0.1) is 0 Å². The van der Waals surface area contributed by atoms with Crippen molar-refractivity contribution in [3.8, 4) is 11.4 Å². The average Bonchev–Trinajstić information content (AvgIpc) is 3.17. The number of anilines is 1. The summed E-state index contributed by atoms with van der Waals surface area (Å²) in [6, 6.07) is 13.2. The van der Waals surface area contributed by atoms with E-state index in [4.69, 9.17) is 5.73 Å². The lowest BCUT2D eigenvalue weighted by atomic mass is 10.2. The van der Waals surface area contributed by atoms with E-state index in [1.807, 2.05) is 31.2 Å². The number of para-hydroxylation sites is 1. The van der Waals surface area contributed by atoms with Crippen LogP contribution in [0.1, 0.15) is 13.3 Å². The normalized spacial score (nSPS) is 12.9. The number of rotatable bonds is 6. The molecule has 2 aromatic heterocycles. The van der Waals surface area contributed by atoms with E-state index in [1.165, 1.54) is 16.6 Å². The molecule has 0 aliphatic heterocycles. The number of nitrogens with one attached hydrogen (secondary N) is 1. The SMILES string of the molecule is CCC(Nc1nc2ccccc2c2nc(-c3ccc(S(C)(=O)=O)cc3)nn12)C(N)=O. The van der Waals surface area contributed by atoms with Crippen molar-refractivity contribution in [2.75, 3.05) is 11.6 Å². The van der Waals surface area contributed by atoms with E-state index in [2.05, 4.69) is 20.4 Å². The van der Waals surface area contributed by atoms with Gasteiger partial charge in [-0.2, -0.15) is 4.52 Å². The quantitative estimate of drug-likeness (QED) is 0.484. The van der Waals surface area contributed by atoms with Crippen LogP contribution in [0.2, 0.25) is 0 Å². The highest BCUT2D eigenvalue weighted by Gasteiger charge is 2.19. The molecular formula is C20H20N6O3S. The minimum Gasteiger partial charge on any atom is -0.368 e. The summed E-state index contributed by atoms with van der Waals surface area (Å²) in [5.41, 5.74) is 7.38. The first-order chi connectivity index (χ1) is 14.3. The number of aromatic nitrogens is 4. The minimum atomic E-state index is -3.30. The molecular weight excluding hydrogens is 404 g/mol. The summed E-state index contributed by atoms with van der Waals surface area (Å²) < 4.78 is 25.0. The maximum absolute atomic E-state index is 11.7. The first-order valence-electron chi connectivity index (χ1n) is 9.30. The molecule has 4 aromatic rings. The van der Waals surface area contributed by atoms with E-state index >= 15 is 0 Å². The molecule has 30 heavy (non-hydrogen) atoms. The van der Waals surface area contributed by atoms with E-state index in [9.17, 15) is 13.2 Å². The Hall–Kier alpha value is -3.53. The zero-order valence-corrected chi connectivity index (χ0v) is 17.2. The molecule has 3 N–H and O–H groups in total. The van der Waals surface area contributed by atoms with Crippen molar-refractivity contribution in [3.63, 3.8) is 0 Å². The minimum absolute atomic E-state index is 0.219. The van der Waals surface area contributed by atoms with Gasteiger partial charge in [0.15, 0.2) is 21.3 Å². The second-order valence-corrected chi connectivity index (χ2v) is 8.94. The number of hydrogen-bond acceptors (Lipinski definition) is 7. The van der Waals surface area contributed by atoms with Gasteiger partial charge in [0.25, 0.3) is 0 Å². The van der Waals surface area contributed by atoms with Gasteiger partial charge in [0, 0.05) is 17.2 Å². The van der Waals surface area contributed by atoms with E-state index in [-0.39, 0.29) is 4.90 Å². The molecule has 1 amide bonds. The van der Waals surface area contributed by atoms with Crippen molar-refractivity contribution in [3.05, 3.63) is 48.5 Å². The van der Waals surface area contributed by atoms with Crippen molar-refractivity contribution >= 4 is 38.2 Å². The van der Waals surface area contributed by atoms with Crippen LogP contribution in [0.5, 0.6) is 0 Å². The lowest BCUT2D eigenvalue weighted by Gasteiger charge is -2.15. The van der Waals surface area contributed by atoms with Crippen molar-refractivity contribution in [1.82, 2.24) is 19.6 Å². The molecule has 0 saturated carbocycles. The van der Waals surface area contributed by atoms with Gasteiger partial charge in [-0.3, -0.25) is 4.79 Å². The molecule has 154 valence electrons. The number of sulfone groups is 1. The van der Waals surface area contributed by atoms with Gasteiger partial charge >= 0.3 is 0 Å². The Morgan fingerprint density at radius 2 is 1.83 bits per heavy atom. The Kier molecular flexibility index (Phi) is 4.86. The van der Waals surface area contributed by atoms with Crippen LogP contribution in [-0.4, -0.2) is 46.2 Å². The number of hydrogen-bond donors (Lipinski definition) is 2. The molecule has 0 fully saturated rings. The summed E-state index contributed by atoms with van der Waals surface area (Å²) in [4.78, 5) is 21.2. The number of primary amides is 1. The first kappa shape index (κ1) is 19.8. The highest BCUT2D eigenvalue weighted by atomic mass is 32.2. The molecule has 4 rings (SSSR count). The fourth-order valence-electron chi connectivity index (χ4n) is 3.15. The molecule has 1 unspecified atom stereocenters. The van der Waals surface area contributed by atoms with Crippen LogP contribution in [0.3, 0.4) is 0 Å². The Balaban J connectivity index is 1.89. The summed E-state index contributed by atoms with van der Waals surface area (Å²) in [5.74, 6) is 0.265. The van der Waals surface area contributed by atoms with E-state index < -0.39 is 21.8 Å². The molecule has 9 nitrogen and oxygen atoms in total. The maximum atomic E-state index is 11.7. The van der Waals surface area contributed by atoms with Crippen LogP contribution in [0.15, 0.2) is 53.4 Å². The average molecular weight is 424 g/mol. The molecule has 0 saturated heterocycles. The lowest BCUT2D eigenvalue weighted by Crippen LogP contribution is -2.35. The van der Waals surface area contributed by atoms with Gasteiger partial charge in [-0.05, 0) is 42.8 Å². The molecule has 0 spiro atoms. The highest BCUT2D eigenvalue weighted by molar-refractivity contribution is 7.90. The first-order valence-corrected chi connectivity index (χ1v) is 11.2. The van der Waals surface area contributed by atoms with Crippen LogP contribution >= 0.6 is 0 Å². The van der Waals surface area contributed by atoms with Gasteiger partial charge in [-0.1, -0.05) is 19.1 Å². The molecule has 2 aromatic carbocycles. The van der Waals surface area contributed by atoms with Crippen LogP contribution < -0.4 is 11.1 Å². The molecule has 0 radical (unpaired) electrons. The summed E-state index contributed by atoms with van der Waals surface area (Å²) in [7, 11) is -3.30. The number of fused-ring (bicyclic) bond motifs is 3. The number of carbonyl (C=O) groups excluding carboxylic acids is 1. The Labute approximate surface area is 172 Å². The Morgan fingerprint density at radius 3 is 2.47 bits per heavy atom. The number of nitrogens with zero attached hydrogens (tertiary/aromatic N) is 4. The predicted molar refractivity (Wildman–Crippen MR) is 114 cm³/mol. The van der Waals surface area contributed by atoms with Crippen LogP contribution in [0.4, 0.5) is 5.95 Å². The van der Waals surface area contributed by atoms with Gasteiger partial charge < -0.3 is 11.1 Å². The zero-order chi connectivity index (χ0) is 21.5. The number of carbonyl (C=O) groups is 1. The fourth-order valence-corrected chi connectivity index (χ4v) is 3.78. The maximum Gasteiger partial charge on any atom is 0.239 e. The third kappa shape index (κ3) is 3.57. The Bertz CT molecular complexity index is 1360. The van der Waals surface area contributed by atoms with Crippen molar-refractivity contribution in [2.24, 2.45) is 5.73 Å². The molecule has 0 aliphatic carbocycles. The van der Waals surface area contributed by atoms with Gasteiger partial charge in [0.2, 0.25) is 11.9 Å². The van der Waals surface area contributed by atoms with Gasteiger partial charge in [-0.25, -0.2) is 18.4 Å². The predicted octanol–water partition coefficient (Wildman–Crippen LogP) is 2.02. The van der Waals surface area contributed by atoms with Crippen molar-refractivity contribution in [2.45, 2.75) is 24.3 Å². The monoisotopic (exact) mass is 424 g/mol. The second kappa shape index (κ2) is 7.38. The largest absolute Gasteiger partial charge is 0.368 e. The second-order valence-electron chi connectivity index (χ2n) is 6.93. The smallest absolute Gasteiger partial charge is 0.239 e. The topological polar surface area (TPSA) is 132 Å². The van der Waals surface area contributed by atoms with Gasteiger partial charge in [-0.15, -0.1) is 5.10 Å². The molecule has 0 bridgehead atoms. The number of nitrogens with two attached hydrogens (primary N) is 1. The van der Waals surface area contributed by atoms with Crippen molar-refractivity contribution in [1.29, 1.82) is 0 Å². The molecule has 0 aliphatic rings. The lowest BCUT2D eigenvalue weighted by molar-refractivity contribution is -0.118. The summed E-state index contributed by atoms with van der Waals surface area (Å²) in [6.07, 6.45) is 1.64. The van der Waals surface area contributed by atoms with Crippen LogP contribution in [-0.2, 0) is 14.6 Å². The summed E-state index contributed by atoms with van der Waals surface area (Å²) in [6.45, 7) is 1.84. The van der Waals surface area contributed by atoms with E-state index in [0.29, 0.717) is 34.9 Å².